The van der Waals surface area contributed by atoms with Gasteiger partial charge in [0.2, 0.25) is 0 Å². The van der Waals surface area contributed by atoms with Crippen molar-refractivity contribution < 1.29 is 38.1 Å². The normalized spacial score (nSPS) is 11.2. The van der Waals surface area contributed by atoms with Gasteiger partial charge in [0.1, 0.15) is 37.5 Å². The first-order valence-electron chi connectivity index (χ1n) is 10.1. The Kier molecular flexibility index (Phi) is 9.96. The van der Waals surface area contributed by atoms with Gasteiger partial charge in [0, 0.05) is 0 Å². The number of rotatable bonds is 8. The van der Waals surface area contributed by atoms with Gasteiger partial charge in [-0.05, 0) is 52.7 Å². The second-order valence-electron chi connectivity index (χ2n) is 8.85. The van der Waals surface area contributed by atoms with E-state index < -0.39 is 35.3 Å². The van der Waals surface area contributed by atoms with Crippen molar-refractivity contribution in [1.82, 2.24) is 10.6 Å². The molecule has 10 nitrogen and oxygen atoms in total. The molecule has 0 aliphatic carbocycles. The minimum atomic E-state index is -0.699. The summed E-state index contributed by atoms with van der Waals surface area (Å²) in [6, 6.07) is 6.88. The van der Waals surface area contributed by atoms with Crippen LogP contribution >= 0.6 is 0 Å². The Morgan fingerprint density at radius 2 is 0.969 bits per heavy atom. The molecule has 0 atom stereocenters. The number of nitrogens with one attached hydrogen (secondary N) is 2. The molecule has 0 aliphatic heterocycles. The number of esters is 2. The highest BCUT2D eigenvalue weighted by Crippen LogP contribution is 2.09. The van der Waals surface area contributed by atoms with E-state index in [1.54, 1.807) is 65.8 Å². The first-order valence-corrected chi connectivity index (χ1v) is 10.1. The summed E-state index contributed by atoms with van der Waals surface area (Å²) in [5.41, 5.74) is 0.131. The average molecular weight is 453 g/mol. The predicted octanol–water partition coefficient (Wildman–Crippen LogP) is 2.82. The third-order valence-electron chi connectivity index (χ3n) is 3.37. The molecule has 10 heteroatoms. The smallest absolute Gasteiger partial charge is 0.408 e. The molecule has 0 heterocycles. The van der Waals surface area contributed by atoms with Crippen molar-refractivity contribution in [2.24, 2.45) is 0 Å². The van der Waals surface area contributed by atoms with Crippen molar-refractivity contribution in [2.75, 3.05) is 13.1 Å². The van der Waals surface area contributed by atoms with Gasteiger partial charge < -0.3 is 29.6 Å². The lowest BCUT2D eigenvalue weighted by Crippen LogP contribution is -2.36. The van der Waals surface area contributed by atoms with Crippen LogP contribution in [0.3, 0.4) is 0 Å². The van der Waals surface area contributed by atoms with Gasteiger partial charge in [-0.3, -0.25) is 9.59 Å². The first-order chi connectivity index (χ1) is 14.7. The molecule has 0 aromatic heterocycles. The molecular formula is C22H32N2O8. The highest BCUT2D eigenvalue weighted by atomic mass is 16.6. The number of ether oxygens (including phenoxy) is 4. The highest BCUT2D eigenvalue weighted by molar-refractivity contribution is 5.78. The summed E-state index contributed by atoms with van der Waals surface area (Å²) < 4.78 is 20.2. The molecule has 0 saturated carbocycles. The standard InChI is InChI=1S/C22H32N2O8/c1-21(2,3)31-19(27)23-11-17(25)29-13-15-7-9-16(10-8-15)14-30-18(26)12-24-20(28)32-22(4,5)6/h7-10H,11-14H2,1-6H3,(H,23,27)(H,24,28). The van der Waals surface area contributed by atoms with E-state index in [0.717, 1.165) is 11.1 Å². The number of hydrogen-bond acceptors (Lipinski definition) is 8. The van der Waals surface area contributed by atoms with Crippen molar-refractivity contribution in [3.63, 3.8) is 0 Å². The molecule has 0 unspecified atom stereocenters. The van der Waals surface area contributed by atoms with E-state index in [1.165, 1.54) is 0 Å². The third-order valence-corrected chi connectivity index (χ3v) is 3.37. The summed E-state index contributed by atoms with van der Waals surface area (Å²) >= 11 is 0. The molecule has 0 saturated heterocycles. The van der Waals surface area contributed by atoms with Crippen LogP contribution in [-0.4, -0.2) is 48.4 Å². The zero-order valence-electron chi connectivity index (χ0n) is 19.4. The fraction of sp³-hybridized carbons (Fsp3) is 0.545. The molecule has 0 spiro atoms. The second-order valence-corrected chi connectivity index (χ2v) is 8.85. The SMILES string of the molecule is CC(C)(C)OC(=O)NCC(=O)OCc1ccc(COC(=O)CNC(=O)OC(C)(C)C)cc1. The van der Waals surface area contributed by atoms with Crippen molar-refractivity contribution in [1.29, 1.82) is 0 Å². The van der Waals surface area contributed by atoms with Crippen molar-refractivity contribution >= 4 is 24.1 Å². The zero-order valence-corrected chi connectivity index (χ0v) is 19.4. The van der Waals surface area contributed by atoms with Crippen LogP contribution in [0.5, 0.6) is 0 Å². The van der Waals surface area contributed by atoms with Gasteiger partial charge in [0.25, 0.3) is 0 Å². The van der Waals surface area contributed by atoms with Crippen molar-refractivity contribution in [2.45, 2.75) is 66.0 Å². The molecule has 2 N–H and O–H groups in total. The topological polar surface area (TPSA) is 129 Å². The summed E-state index contributed by atoms with van der Waals surface area (Å²) in [4.78, 5) is 46.5. The van der Waals surface area contributed by atoms with E-state index in [2.05, 4.69) is 10.6 Å². The Morgan fingerprint density at radius 3 is 1.25 bits per heavy atom. The van der Waals surface area contributed by atoms with Crippen LogP contribution in [0, 0.1) is 0 Å². The van der Waals surface area contributed by atoms with E-state index >= 15 is 0 Å². The molecule has 1 rings (SSSR count). The Bertz CT molecular complexity index is 725. The molecule has 0 fully saturated rings. The molecule has 32 heavy (non-hydrogen) atoms. The first kappa shape index (κ1) is 26.7. The number of benzene rings is 1. The fourth-order valence-electron chi connectivity index (χ4n) is 2.08. The maximum absolute atomic E-state index is 11.7. The minimum absolute atomic E-state index is 0.0225. The molecule has 2 amide bonds. The van der Waals surface area contributed by atoms with Crippen molar-refractivity contribution in [3.05, 3.63) is 35.4 Å². The van der Waals surface area contributed by atoms with Gasteiger partial charge in [0.15, 0.2) is 0 Å². The maximum atomic E-state index is 11.7. The van der Waals surface area contributed by atoms with Gasteiger partial charge in [-0.15, -0.1) is 0 Å². The van der Waals surface area contributed by atoms with Crippen LogP contribution < -0.4 is 10.6 Å². The van der Waals surface area contributed by atoms with Crippen molar-refractivity contribution in [3.8, 4) is 0 Å². The summed E-state index contributed by atoms with van der Waals surface area (Å²) in [6.07, 6.45) is -1.40. The minimum Gasteiger partial charge on any atom is -0.460 e. The number of carbonyl (C=O) groups is 4. The largest absolute Gasteiger partial charge is 0.460 e. The summed E-state index contributed by atoms with van der Waals surface area (Å²) in [5.74, 6) is -1.21. The summed E-state index contributed by atoms with van der Waals surface area (Å²) in [5, 5.41) is 4.64. The highest BCUT2D eigenvalue weighted by Gasteiger charge is 2.18. The molecule has 1 aromatic rings. The quantitative estimate of drug-likeness (QED) is 0.455. The molecule has 178 valence electrons. The molecule has 0 bridgehead atoms. The van der Waals surface area contributed by atoms with Crippen LogP contribution in [-0.2, 0) is 41.8 Å². The predicted molar refractivity (Wildman–Crippen MR) is 115 cm³/mol. The fourth-order valence-corrected chi connectivity index (χ4v) is 2.08. The Labute approximate surface area is 187 Å². The van der Waals surface area contributed by atoms with E-state index in [4.69, 9.17) is 18.9 Å². The number of amides is 2. The average Bonchev–Trinajstić information content (AvgIpc) is 2.65. The van der Waals surface area contributed by atoms with Gasteiger partial charge in [-0.25, -0.2) is 9.59 Å². The summed E-state index contributed by atoms with van der Waals surface area (Å²) in [6.45, 7) is 9.75. The zero-order chi connectivity index (χ0) is 24.4. The lowest BCUT2D eigenvalue weighted by atomic mass is 10.1. The third kappa shape index (κ3) is 13.1. The Balaban J connectivity index is 2.30. The molecule has 0 radical (unpaired) electrons. The van der Waals surface area contributed by atoms with Gasteiger partial charge in [0.05, 0.1) is 0 Å². The maximum Gasteiger partial charge on any atom is 0.408 e. The van der Waals surface area contributed by atoms with Crippen LogP contribution in [0.2, 0.25) is 0 Å². The van der Waals surface area contributed by atoms with E-state index in [1.807, 2.05) is 0 Å². The lowest BCUT2D eigenvalue weighted by Gasteiger charge is -2.19. The monoisotopic (exact) mass is 452 g/mol. The van der Waals surface area contributed by atoms with Gasteiger partial charge in [-0.2, -0.15) is 0 Å². The second kappa shape index (κ2) is 11.9. The van der Waals surface area contributed by atoms with Gasteiger partial charge in [-0.1, -0.05) is 24.3 Å². The van der Waals surface area contributed by atoms with E-state index in [0.29, 0.717) is 0 Å². The van der Waals surface area contributed by atoms with E-state index in [-0.39, 0.29) is 26.3 Å². The number of carbonyl (C=O) groups excluding carboxylic acids is 4. The summed E-state index contributed by atoms with van der Waals surface area (Å²) in [7, 11) is 0. The van der Waals surface area contributed by atoms with Crippen LogP contribution in [0.15, 0.2) is 24.3 Å². The Morgan fingerprint density at radius 1 is 0.656 bits per heavy atom. The molecule has 1 aromatic carbocycles. The van der Waals surface area contributed by atoms with Crippen LogP contribution in [0.25, 0.3) is 0 Å². The molecular weight excluding hydrogens is 420 g/mol. The number of alkyl carbamates (subject to hydrolysis) is 2. The van der Waals surface area contributed by atoms with Gasteiger partial charge >= 0.3 is 24.1 Å². The van der Waals surface area contributed by atoms with E-state index in [9.17, 15) is 19.2 Å². The Hall–Kier alpha value is -3.30. The molecule has 0 aliphatic rings. The lowest BCUT2D eigenvalue weighted by molar-refractivity contribution is -0.144. The van der Waals surface area contributed by atoms with Crippen LogP contribution in [0.4, 0.5) is 9.59 Å². The number of hydrogen-bond donors (Lipinski definition) is 2. The van der Waals surface area contributed by atoms with Crippen LogP contribution in [0.1, 0.15) is 52.7 Å².